The Labute approximate surface area is 177 Å². The number of carboxylic acid groups (broad SMARTS) is 1. The van der Waals surface area contributed by atoms with Crippen molar-refractivity contribution in [3.8, 4) is 17.2 Å². The van der Waals surface area contributed by atoms with Crippen molar-refractivity contribution in [2.24, 2.45) is 0 Å². The van der Waals surface area contributed by atoms with Gasteiger partial charge in [-0.3, -0.25) is 4.90 Å². The summed E-state index contributed by atoms with van der Waals surface area (Å²) in [6.45, 7) is 5.33. The molecule has 0 saturated heterocycles. The molecule has 158 valence electrons. The first-order valence-electron chi connectivity index (χ1n) is 8.97. The second-order valence-corrected chi connectivity index (χ2v) is 8.25. The zero-order valence-corrected chi connectivity index (χ0v) is 17.7. The zero-order valence-electron chi connectivity index (χ0n) is 16.9. The Bertz CT molecular complexity index is 1050. The number of thioether (sulfide) groups is 1. The Kier molecular flexibility index (Phi) is 6.25. The van der Waals surface area contributed by atoms with Gasteiger partial charge in [-0.25, -0.2) is 14.2 Å². The van der Waals surface area contributed by atoms with Gasteiger partial charge in [0.25, 0.3) is 5.22 Å². The molecule has 1 N–H and O–H groups in total. The molecule has 0 bridgehead atoms. The van der Waals surface area contributed by atoms with Gasteiger partial charge in [0.1, 0.15) is 5.82 Å². The number of pyridine rings is 1. The van der Waals surface area contributed by atoms with Crippen LogP contribution >= 0.6 is 11.8 Å². The third kappa shape index (κ3) is 4.88. The molecular formula is C20H21FN4O4S. The van der Waals surface area contributed by atoms with Gasteiger partial charge in [0.15, 0.2) is 11.6 Å². The van der Waals surface area contributed by atoms with Gasteiger partial charge < -0.3 is 14.3 Å². The normalized spacial score (nSPS) is 11.4. The first-order valence-corrected chi connectivity index (χ1v) is 9.96. The van der Waals surface area contributed by atoms with Crippen molar-refractivity contribution in [1.29, 1.82) is 0 Å². The second-order valence-electron chi connectivity index (χ2n) is 7.32. The Balaban J connectivity index is 1.76. The lowest BCUT2D eigenvalue weighted by Crippen LogP contribution is -2.45. The van der Waals surface area contributed by atoms with Gasteiger partial charge in [-0.15, -0.1) is 10.2 Å². The summed E-state index contributed by atoms with van der Waals surface area (Å²) in [5, 5.41) is 17.9. The van der Waals surface area contributed by atoms with Crippen LogP contribution < -0.4 is 9.64 Å². The van der Waals surface area contributed by atoms with Gasteiger partial charge in [0.05, 0.1) is 7.11 Å². The van der Waals surface area contributed by atoms with E-state index in [1.165, 1.54) is 36.0 Å². The number of amides is 1. The average molecular weight is 432 g/mol. The molecule has 3 rings (SSSR count). The molecule has 3 aromatic rings. The quantitative estimate of drug-likeness (QED) is 0.551. The molecule has 0 atom stereocenters. The largest absolute Gasteiger partial charge is 0.494 e. The maximum Gasteiger partial charge on any atom is 0.413 e. The number of ether oxygens (including phenoxy) is 1. The number of carbonyl (C=O) groups is 1. The Morgan fingerprint density at radius 2 is 2.03 bits per heavy atom. The van der Waals surface area contributed by atoms with Crippen molar-refractivity contribution >= 4 is 23.7 Å². The van der Waals surface area contributed by atoms with Gasteiger partial charge in [-0.05, 0) is 50.6 Å². The molecule has 0 aliphatic rings. The minimum Gasteiger partial charge on any atom is -0.494 e. The van der Waals surface area contributed by atoms with Crippen molar-refractivity contribution in [3.05, 3.63) is 47.9 Å². The third-order valence-corrected chi connectivity index (χ3v) is 4.96. The third-order valence-electron chi connectivity index (χ3n) is 4.07. The summed E-state index contributed by atoms with van der Waals surface area (Å²) >= 11 is 1.26. The number of methoxy groups -OCH3 is 1. The highest BCUT2D eigenvalue weighted by molar-refractivity contribution is 7.98. The number of rotatable bonds is 6. The second kappa shape index (κ2) is 8.70. The molecule has 0 spiro atoms. The van der Waals surface area contributed by atoms with Crippen molar-refractivity contribution in [3.63, 3.8) is 0 Å². The molecule has 0 unspecified atom stereocenters. The number of hydrogen-bond donors (Lipinski definition) is 1. The molecule has 0 fully saturated rings. The van der Waals surface area contributed by atoms with Gasteiger partial charge >= 0.3 is 6.09 Å². The maximum atomic E-state index is 13.8. The van der Waals surface area contributed by atoms with Crippen molar-refractivity contribution < 1.29 is 23.4 Å². The topological polar surface area (TPSA) is 102 Å². The number of benzene rings is 1. The molecule has 0 saturated carbocycles. The Morgan fingerprint density at radius 3 is 2.67 bits per heavy atom. The summed E-state index contributed by atoms with van der Waals surface area (Å²) < 4.78 is 24.4. The standard InChI is InChI=1S/C20H21FN4O4S/c1-20(2,3)25(19(26)27)16-10-13(7-8-22-16)17-23-24-18(29-17)30-11-12-5-6-15(28-4)14(21)9-12/h5-10H,11H2,1-4H3,(H,26,27). The lowest BCUT2D eigenvalue weighted by atomic mass is 10.1. The van der Waals surface area contributed by atoms with Gasteiger partial charge in [0.2, 0.25) is 5.89 Å². The lowest BCUT2D eigenvalue weighted by molar-refractivity contribution is 0.195. The molecule has 1 aromatic carbocycles. The number of aromatic nitrogens is 3. The summed E-state index contributed by atoms with van der Waals surface area (Å²) in [5.41, 5.74) is 0.609. The predicted octanol–water partition coefficient (Wildman–Crippen LogP) is 4.85. The highest BCUT2D eigenvalue weighted by atomic mass is 32.2. The molecule has 2 aromatic heterocycles. The van der Waals surface area contributed by atoms with E-state index in [2.05, 4.69) is 15.2 Å². The number of halogens is 1. The van der Waals surface area contributed by atoms with E-state index in [-0.39, 0.29) is 17.5 Å². The number of anilines is 1. The highest BCUT2D eigenvalue weighted by Gasteiger charge is 2.29. The van der Waals surface area contributed by atoms with Crippen LogP contribution in [0.2, 0.25) is 0 Å². The van der Waals surface area contributed by atoms with E-state index in [0.717, 1.165) is 5.56 Å². The summed E-state index contributed by atoms with van der Waals surface area (Å²) in [7, 11) is 1.41. The van der Waals surface area contributed by atoms with Crippen LogP contribution in [0.15, 0.2) is 46.2 Å². The van der Waals surface area contributed by atoms with Crippen LogP contribution in [0, 0.1) is 5.82 Å². The van der Waals surface area contributed by atoms with Crippen LogP contribution in [0.25, 0.3) is 11.5 Å². The average Bonchev–Trinajstić information content (AvgIpc) is 3.14. The Morgan fingerprint density at radius 1 is 1.27 bits per heavy atom. The molecule has 8 nitrogen and oxygen atoms in total. The van der Waals surface area contributed by atoms with Gasteiger partial charge in [-0.1, -0.05) is 17.8 Å². The van der Waals surface area contributed by atoms with E-state index >= 15 is 0 Å². The van der Waals surface area contributed by atoms with E-state index in [4.69, 9.17) is 9.15 Å². The molecule has 0 aliphatic heterocycles. The maximum absolute atomic E-state index is 13.8. The molecule has 10 heteroatoms. The molecule has 30 heavy (non-hydrogen) atoms. The molecular weight excluding hydrogens is 411 g/mol. The fourth-order valence-electron chi connectivity index (χ4n) is 2.73. The van der Waals surface area contributed by atoms with E-state index < -0.39 is 17.4 Å². The smallest absolute Gasteiger partial charge is 0.413 e. The fraction of sp³-hybridized carbons (Fsp3) is 0.300. The van der Waals surface area contributed by atoms with Crippen molar-refractivity contribution in [1.82, 2.24) is 15.2 Å². The molecule has 2 heterocycles. The lowest BCUT2D eigenvalue weighted by Gasteiger charge is -2.32. The predicted molar refractivity (Wildman–Crippen MR) is 110 cm³/mol. The van der Waals surface area contributed by atoms with Crippen LogP contribution in [0.4, 0.5) is 15.0 Å². The summed E-state index contributed by atoms with van der Waals surface area (Å²) in [6, 6.07) is 7.96. The van der Waals surface area contributed by atoms with Crippen LogP contribution in [-0.2, 0) is 5.75 Å². The number of nitrogens with zero attached hydrogens (tertiary/aromatic N) is 4. The SMILES string of the molecule is COc1ccc(CSc2nnc(-c3ccnc(N(C(=O)O)C(C)(C)C)c3)o2)cc1F. The van der Waals surface area contributed by atoms with Crippen LogP contribution in [0.1, 0.15) is 26.3 Å². The van der Waals surface area contributed by atoms with E-state index in [9.17, 15) is 14.3 Å². The fourth-order valence-corrected chi connectivity index (χ4v) is 3.44. The molecule has 0 radical (unpaired) electrons. The van der Waals surface area contributed by atoms with Crippen molar-refractivity contribution in [2.75, 3.05) is 12.0 Å². The minimum atomic E-state index is -1.11. The van der Waals surface area contributed by atoms with E-state index in [1.54, 1.807) is 45.0 Å². The van der Waals surface area contributed by atoms with Crippen LogP contribution in [0.3, 0.4) is 0 Å². The van der Waals surface area contributed by atoms with Crippen molar-refractivity contribution in [2.45, 2.75) is 37.3 Å². The van der Waals surface area contributed by atoms with Crippen LogP contribution in [0.5, 0.6) is 5.75 Å². The zero-order chi connectivity index (χ0) is 21.9. The molecule has 1 amide bonds. The highest BCUT2D eigenvalue weighted by Crippen LogP contribution is 2.30. The summed E-state index contributed by atoms with van der Waals surface area (Å²) in [4.78, 5) is 17.0. The van der Waals surface area contributed by atoms with Crippen LogP contribution in [-0.4, -0.2) is 39.0 Å². The monoisotopic (exact) mass is 432 g/mol. The van der Waals surface area contributed by atoms with Gasteiger partial charge in [-0.2, -0.15) is 0 Å². The van der Waals surface area contributed by atoms with E-state index in [0.29, 0.717) is 16.5 Å². The van der Waals surface area contributed by atoms with Gasteiger partial charge in [0, 0.05) is 23.1 Å². The number of hydrogen-bond acceptors (Lipinski definition) is 7. The first-order chi connectivity index (χ1) is 14.2. The summed E-state index contributed by atoms with van der Waals surface area (Å²) in [6.07, 6.45) is 0.379. The minimum absolute atomic E-state index is 0.183. The summed E-state index contributed by atoms with van der Waals surface area (Å²) in [5.74, 6) is 0.673. The Hall–Kier alpha value is -3.14. The molecule has 0 aliphatic carbocycles. The van der Waals surface area contributed by atoms with E-state index in [1.807, 2.05) is 0 Å². The first kappa shape index (κ1) is 21.6.